The summed E-state index contributed by atoms with van der Waals surface area (Å²) in [4.78, 5) is 42.4. The normalized spacial score (nSPS) is 26.1. The summed E-state index contributed by atoms with van der Waals surface area (Å²) in [5.41, 5.74) is 1.45. The number of non-ortho nitro benzene ring substituents is 1. The fourth-order valence-corrected chi connectivity index (χ4v) is 5.66. The van der Waals surface area contributed by atoms with Gasteiger partial charge in [-0.05, 0) is 49.3 Å². The van der Waals surface area contributed by atoms with Gasteiger partial charge in [0.25, 0.3) is 11.6 Å². The number of nitro groups is 1. The lowest BCUT2D eigenvalue weighted by Crippen LogP contribution is -2.32. The first-order chi connectivity index (χ1) is 15.5. The van der Waals surface area contributed by atoms with Crippen LogP contribution in [0.1, 0.15) is 19.3 Å². The first-order valence-electron chi connectivity index (χ1n) is 10.6. The third-order valence-corrected chi connectivity index (χ3v) is 7.02. The lowest BCUT2D eigenvalue weighted by atomic mass is 9.81. The summed E-state index contributed by atoms with van der Waals surface area (Å²) in [5, 5.41) is 15.0. The van der Waals surface area contributed by atoms with Crippen LogP contribution in [0.25, 0.3) is 22.8 Å². The van der Waals surface area contributed by atoms with E-state index in [-0.39, 0.29) is 41.1 Å². The number of hydrogen-bond donors (Lipinski definition) is 0. The van der Waals surface area contributed by atoms with Crippen molar-refractivity contribution in [3.05, 3.63) is 58.6 Å². The highest BCUT2D eigenvalue weighted by molar-refractivity contribution is 6.22. The van der Waals surface area contributed by atoms with Crippen molar-refractivity contribution in [3.63, 3.8) is 0 Å². The molecule has 2 aromatic carbocycles. The van der Waals surface area contributed by atoms with E-state index < -0.39 is 4.92 Å². The van der Waals surface area contributed by atoms with Crippen LogP contribution < -0.4 is 4.90 Å². The number of aromatic nitrogens is 2. The minimum Gasteiger partial charge on any atom is -0.334 e. The van der Waals surface area contributed by atoms with Crippen LogP contribution in [0.15, 0.2) is 53.1 Å². The minimum atomic E-state index is -0.487. The summed E-state index contributed by atoms with van der Waals surface area (Å²) >= 11 is 0. The van der Waals surface area contributed by atoms with E-state index in [0.29, 0.717) is 28.7 Å². The molecule has 0 spiro atoms. The van der Waals surface area contributed by atoms with Gasteiger partial charge in [-0.25, -0.2) is 0 Å². The molecule has 3 fully saturated rings. The molecule has 0 N–H and O–H groups in total. The molecule has 4 unspecified atom stereocenters. The molecule has 2 amide bonds. The number of imide groups is 1. The Hall–Kier alpha value is -3.88. The Morgan fingerprint density at radius 3 is 2.38 bits per heavy atom. The predicted octanol–water partition coefficient (Wildman–Crippen LogP) is 3.85. The lowest BCUT2D eigenvalue weighted by Gasteiger charge is -2.19. The summed E-state index contributed by atoms with van der Waals surface area (Å²) in [5.74, 6) is 0.481. The summed E-state index contributed by atoms with van der Waals surface area (Å²) in [6, 6.07) is 12.9. The van der Waals surface area contributed by atoms with Crippen LogP contribution in [0.5, 0.6) is 0 Å². The molecule has 9 heteroatoms. The van der Waals surface area contributed by atoms with Gasteiger partial charge in [0.05, 0.1) is 22.4 Å². The molecule has 3 aliphatic rings. The molecular weight excluding hydrogens is 412 g/mol. The van der Waals surface area contributed by atoms with Gasteiger partial charge in [0.15, 0.2) is 0 Å². The van der Waals surface area contributed by atoms with Crippen molar-refractivity contribution in [1.82, 2.24) is 10.1 Å². The Morgan fingerprint density at radius 2 is 1.66 bits per heavy atom. The average Bonchev–Trinajstić information content (AvgIpc) is 3.58. The molecule has 32 heavy (non-hydrogen) atoms. The summed E-state index contributed by atoms with van der Waals surface area (Å²) < 4.78 is 5.38. The average molecular weight is 430 g/mol. The number of anilines is 1. The van der Waals surface area contributed by atoms with Crippen LogP contribution in [-0.2, 0) is 9.59 Å². The first kappa shape index (κ1) is 18.9. The van der Waals surface area contributed by atoms with Gasteiger partial charge >= 0.3 is 0 Å². The molecule has 1 aromatic heterocycles. The molecule has 6 rings (SSSR count). The van der Waals surface area contributed by atoms with E-state index in [1.54, 1.807) is 36.4 Å². The van der Waals surface area contributed by atoms with Crippen LogP contribution in [0, 0.1) is 33.8 Å². The summed E-state index contributed by atoms with van der Waals surface area (Å²) in [7, 11) is 0. The van der Waals surface area contributed by atoms with Gasteiger partial charge in [0.2, 0.25) is 17.6 Å². The molecule has 9 nitrogen and oxygen atoms in total. The van der Waals surface area contributed by atoms with E-state index >= 15 is 0 Å². The maximum absolute atomic E-state index is 13.1. The van der Waals surface area contributed by atoms with Crippen molar-refractivity contribution in [2.45, 2.75) is 19.3 Å². The predicted molar refractivity (Wildman–Crippen MR) is 112 cm³/mol. The smallest absolute Gasteiger partial charge is 0.270 e. The van der Waals surface area contributed by atoms with Gasteiger partial charge in [-0.3, -0.25) is 24.6 Å². The molecule has 2 aliphatic carbocycles. The molecule has 2 bridgehead atoms. The summed E-state index contributed by atoms with van der Waals surface area (Å²) in [6.45, 7) is 0. The number of benzene rings is 2. The second-order valence-corrected chi connectivity index (χ2v) is 8.68. The van der Waals surface area contributed by atoms with Gasteiger partial charge in [-0.15, -0.1) is 0 Å². The van der Waals surface area contributed by atoms with Gasteiger partial charge in [-0.2, -0.15) is 4.98 Å². The second kappa shape index (κ2) is 6.81. The van der Waals surface area contributed by atoms with Gasteiger partial charge in [-0.1, -0.05) is 23.4 Å². The zero-order valence-electron chi connectivity index (χ0n) is 16.9. The SMILES string of the molecule is O=C1C2C3CCC(C3)C2C(=O)N1c1cccc(-c2nc(-c3cccc([N+](=O)[O-])c3)no2)c1. The van der Waals surface area contributed by atoms with E-state index in [4.69, 9.17) is 4.52 Å². The summed E-state index contributed by atoms with van der Waals surface area (Å²) in [6.07, 6.45) is 3.05. The number of nitrogens with zero attached hydrogens (tertiary/aromatic N) is 4. The lowest BCUT2D eigenvalue weighted by molar-refractivity contribution is -0.384. The monoisotopic (exact) mass is 430 g/mol. The molecular formula is C23H18N4O5. The van der Waals surface area contributed by atoms with Crippen LogP contribution in [0.4, 0.5) is 11.4 Å². The Morgan fingerprint density at radius 1 is 0.969 bits per heavy atom. The highest BCUT2D eigenvalue weighted by atomic mass is 16.6. The van der Waals surface area contributed by atoms with E-state index in [0.717, 1.165) is 19.3 Å². The Labute approximate surface area is 182 Å². The highest BCUT2D eigenvalue weighted by Crippen LogP contribution is 2.56. The number of amides is 2. The Kier molecular flexibility index (Phi) is 4.01. The molecule has 1 saturated heterocycles. The van der Waals surface area contributed by atoms with E-state index in [2.05, 4.69) is 10.1 Å². The molecule has 2 heterocycles. The maximum atomic E-state index is 13.1. The zero-order chi connectivity index (χ0) is 22.0. The number of nitro benzene ring substituents is 1. The fourth-order valence-electron chi connectivity index (χ4n) is 5.66. The number of carbonyl (C=O) groups is 2. The topological polar surface area (TPSA) is 119 Å². The van der Waals surface area contributed by atoms with Crippen molar-refractivity contribution in [2.24, 2.45) is 23.7 Å². The van der Waals surface area contributed by atoms with Crippen molar-refractivity contribution >= 4 is 23.2 Å². The minimum absolute atomic E-state index is 0.0681. The van der Waals surface area contributed by atoms with E-state index in [9.17, 15) is 19.7 Å². The molecule has 0 radical (unpaired) electrons. The zero-order valence-corrected chi connectivity index (χ0v) is 16.9. The standard InChI is InChI=1S/C23H18N4O5/c28-22-18-12-7-8-13(9-12)19(18)23(29)26(22)16-5-2-4-15(11-16)21-24-20(25-32-21)14-3-1-6-17(10-14)27(30)31/h1-6,10-13,18-19H,7-9H2. The van der Waals surface area contributed by atoms with Gasteiger partial charge in [0.1, 0.15) is 0 Å². The second-order valence-electron chi connectivity index (χ2n) is 8.68. The van der Waals surface area contributed by atoms with Crippen molar-refractivity contribution < 1.29 is 19.0 Å². The van der Waals surface area contributed by atoms with Gasteiger partial charge < -0.3 is 4.52 Å². The van der Waals surface area contributed by atoms with Gasteiger partial charge in [0, 0.05) is 23.3 Å². The number of fused-ring (bicyclic) bond motifs is 5. The molecule has 4 atom stereocenters. The van der Waals surface area contributed by atoms with Crippen LogP contribution >= 0.6 is 0 Å². The quantitative estimate of drug-likeness (QED) is 0.350. The molecule has 2 saturated carbocycles. The largest absolute Gasteiger partial charge is 0.334 e. The highest BCUT2D eigenvalue weighted by Gasteiger charge is 2.61. The van der Waals surface area contributed by atoms with Crippen LogP contribution in [0.3, 0.4) is 0 Å². The number of hydrogen-bond acceptors (Lipinski definition) is 7. The van der Waals surface area contributed by atoms with Crippen molar-refractivity contribution in [3.8, 4) is 22.8 Å². The number of rotatable bonds is 4. The first-order valence-corrected chi connectivity index (χ1v) is 10.6. The van der Waals surface area contributed by atoms with Crippen LogP contribution in [0.2, 0.25) is 0 Å². The van der Waals surface area contributed by atoms with Crippen molar-refractivity contribution in [2.75, 3.05) is 4.90 Å². The third-order valence-electron chi connectivity index (χ3n) is 7.02. The Bertz CT molecular complexity index is 1260. The van der Waals surface area contributed by atoms with Crippen LogP contribution in [-0.4, -0.2) is 26.9 Å². The number of carbonyl (C=O) groups excluding carboxylic acids is 2. The fraction of sp³-hybridized carbons (Fsp3) is 0.304. The molecule has 3 aromatic rings. The van der Waals surface area contributed by atoms with E-state index in [1.165, 1.54) is 17.0 Å². The maximum Gasteiger partial charge on any atom is 0.270 e. The molecule has 160 valence electrons. The Balaban J connectivity index is 1.31. The third kappa shape index (κ3) is 2.70. The molecule has 1 aliphatic heterocycles. The van der Waals surface area contributed by atoms with Crippen molar-refractivity contribution in [1.29, 1.82) is 0 Å². The van der Waals surface area contributed by atoms with E-state index in [1.807, 2.05) is 0 Å².